The number of hydrogen-bond donors (Lipinski definition) is 2. The van der Waals surface area contributed by atoms with Crippen molar-refractivity contribution in [2.75, 3.05) is 18.1 Å². The average molecular weight is 278 g/mol. The molecule has 1 unspecified atom stereocenters. The summed E-state index contributed by atoms with van der Waals surface area (Å²) in [7, 11) is 0. The van der Waals surface area contributed by atoms with Crippen molar-refractivity contribution in [2.45, 2.75) is 31.2 Å². The van der Waals surface area contributed by atoms with Gasteiger partial charge in [0.1, 0.15) is 6.04 Å². The maximum Gasteiger partial charge on any atom is 0.248 e. The number of thioether (sulfide) groups is 1. The highest BCUT2D eigenvalue weighted by molar-refractivity contribution is 8.00. The molecule has 2 rings (SSSR count). The highest BCUT2D eigenvalue weighted by Gasteiger charge is 2.39. The van der Waals surface area contributed by atoms with Gasteiger partial charge >= 0.3 is 0 Å². The Morgan fingerprint density at radius 1 is 1.56 bits per heavy atom. The second kappa shape index (κ2) is 5.42. The van der Waals surface area contributed by atoms with Crippen LogP contribution in [0.4, 0.5) is 8.78 Å². The van der Waals surface area contributed by atoms with Gasteiger partial charge in [-0.1, -0.05) is 0 Å². The molecule has 4 nitrogen and oxygen atoms in total. The molecule has 18 heavy (non-hydrogen) atoms. The van der Waals surface area contributed by atoms with Gasteiger partial charge in [0, 0.05) is 25.1 Å². The van der Waals surface area contributed by atoms with Gasteiger partial charge in [0.05, 0.1) is 5.75 Å². The van der Waals surface area contributed by atoms with Gasteiger partial charge in [-0.25, -0.2) is 8.78 Å². The van der Waals surface area contributed by atoms with E-state index in [0.717, 1.165) is 0 Å². The van der Waals surface area contributed by atoms with Crippen LogP contribution in [-0.2, 0) is 9.59 Å². The molecule has 1 saturated heterocycles. The first-order valence-corrected chi connectivity index (χ1v) is 7.14. The van der Waals surface area contributed by atoms with E-state index in [2.05, 4.69) is 10.6 Å². The molecule has 2 N–H and O–H groups in total. The van der Waals surface area contributed by atoms with Crippen molar-refractivity contribution in [2.24, 2.45) is 5.92 Å². The third kappa shape index (κ3) is 3.57. The summed E-state index contributed by atoms with van der Waals surface area (Å²) in [6, 6.07) is -0.529. The lowest BCUT2D eigenvalue weighted by atomic mass is 10.1. The molecule has 7 heteroatoms. The van der Waals surface area contributed by atoms with Gasteiger partial charge in [0.15, 0.2) is 0 Å². The number of hydrogen-bond acceptors (Lipinski definition) is 3. The first-order chi connectivity index (χ1) is 8.46. The second-order valence-electron chi connectivity index (χ2n) is 4.85. The van der Waals surface area contributed by atoms with Crippen LogP contribution in [0.5, 0.6) is 0 Å². The number of carbonyl (C=O) groups is 2. The van der Waals surface area contributed by atoms with Crippen molar-refractivity contribution >= 4 is 23.6 Å². The molecule has 0 aromatic rings. The molecule has 0 aromatic carbocycles. The largest absolute Gasteiger partial charge is 0.354 e. The van der Waals surface area contributed by atoms with Crippen molar-refractivity contribution in [3.63, 3.8) is 0 Å². The van der Waals surface area contributed by atoms with E-state index in [9.17, 15) is 18.4 Å². The Hall–Kier alpha value is -0.850. The lowest BCUT2D eigenvalue weighted by Crippen LogP contribution is -2.52. The fraction of sp³-hybridized carbons (Fsp3) is 0.818. The summed E-state index contributed by atoms with van der Waals surface area (Å²) in [6.07, 6.45) is 0.196. The number of rotatable bonds is 3. The molecule has 0 radical (unpaired) electrons. The number of amides is 2. The molecule has 2 aliphatic rings. The van der Waals surface area contributed by atoms with Crippen LogP contribution in [0, 0.1) is 5.92 Å². The summed E-state index contributed by atoms with van der Waals surface area (Å²) in [4.78, 5) is 22.8. The molecular weight excluding hydrogens is 262 g/mol. The van der Waals surface area contributed by atoms with Gasteiger partial charge in [0.25, 0.3) is 0 Å². The smallest absolute Gasteiger partial charge is 0.248 e. The molecule has 1 heterocycles. The minimum Gasteiger partial charge on any atom is -0.354 e. The third-order valence-electron chi connectivity index (χ3n) is 3.24. The Kier molecular flexibility index (Phi) is 4.09. The van der Waals surface area contributed by atoms with Crippen LogP contribution in [0.1, 0.15) is 19.3 Å². The fourth-order valence-electron chi connectivity index (χ4n) is 2.27. The van der Waals surface area contributed by atoms with E-state index in [-0.39, 0.29) is 37.1 Å². The van der Waals surface area contributed by atoms with Crippen molar-refractivity contribution in [3.05, 3.63) is 0 Å². The SMILES string of the molecule is O=C1CSC[C@@H](C(=O)NCC2CCC(F)(F)C2)N1. The highest BCUT2D eigenvalue weighted by atomic mass is 32.2. The summed E-state index contributed by atoms with van der Waals surface area (Å²) in [5.74, 6) is -2.25. The van der Waals surface area contributed by atoms with Gasteiger partial charge < -0.3 is 10.6 Å². The average Bonchev–Trinajstić information content (AvgIpc) is 2.66. The van der Waals surface area contributed by atoms with E-state index in [0.29, 0.717) is 17.9 Å². The standard InChI is InChI=1S/C11H16F2N2O2S/c12-11(13)2-1-7(3-11)4-14-10(17)8-5-18-6-9(16)15-8/h7-8H,1-6H2,(H,14,17)(H,15,16)/t7?,8-/m0/s1. The van der Waals surface area contributed by atoms with Crippen molar-refractivity contribution in [1.82, 2.24) is 10.6 Å². The molecule has 2 atom stereocenters. The van der Waals surface area contributed by atoms with Crippen LogP contribution in [0.2, 0.25) is 0 Å². The molecule has 1 saturated carbocycles. The van der Waals surface area contributed by atoms with Crippen molar-refractivity contribution in [3.8, 4) is 0 Å². The fourth-order valence-corrected chi connectivity index (χ4v) is 3.13. The second-order valence-corrected chi connectivity index (χ2v) is 5.88. The summed E-state index contributed by atoms with van der Waals surface area (Å²) in [5, 5.41) is 5.24. The van der Waals surface area contributed by atoms with Crippen LogP contribution in [0.3, 0.4) is 0 Å². The predicted octanol–water partition coefficient (Wildman–Crippen LogP) is 0.770. The Balaban J connectivity index is 1.73. The van der Waals surface area contributed by atoms with E-state index in [1.54, 1.807) is 0 Å². The number of alkyl halides is 2. The Bertz CT molecular complexity index is 352. The monoisotopic (exact) mass is 278 g/mol. The van der Waals surface area contributed by atoms with E-state index < -0.39 is 12.0 Å². The summed E-state index contributed by atoms with van der Waals surface area (Å²) < 4.78 is 25.9. The molecule has 102 valence electrons. The summed E-state index contributed by atoms with van der Waals surface area (Å²) in [6.45, 7) is 0.269. The first kappa shape index (κ1) is 13.6. The van der Waals surface area contributed by atoms with Crippen LogP contribution in [0.25, 0.3) is 0 Å². The third-order valence-corrected chi connectivity index (χ3v) is 4.28. The van der Waals surface area contributed by atoms with Crippen LogP contribution >= 0.6 is 11.8 Å². The number of nitrogens with one attached hydrogen (secondary N) is 2. The Morgan fingerprint density at radius 2 is 2.33 bits per heavy atom. The number of halogens is 2. The lowest BCUT2D eigenvalue weighted by Gasteiger charge is -2.22. The van der Waals surface area contributed by atoms with Gasteiger partial charge in [-0.3, -0.25) is 9.59 Å². The molecule has 0 aromatic heterocycles. The Morgan fingerprint density at radius 3 is 2.94 bits per heavy atom. The van der Waals surface area contributed by atoms with Crippen LogP contribution in [-0.4, -0.2) is 41.8 Å². The van der Waals surface area contributed by atoms with Gasteiger partial charge in [0.2, 0.25) is 17.7 Å². The zero-order valence-corrected chi connectivity index (χ0v) is 10.7. The van der Waals surface area contributed by atoms with E-state index >= 15 is 0 Å². The van der Waals surface area contributed by atoms with Crippen molar-refractivity contribution < 1.29 is 18.4 Å². The summed E-state index contributed by atoms with van der Waals surface area (Å²) in [5.41, 5.74) is 0. The molecule has 0 spiro atoms. The van der Waals surface area contributed by atoms with E-state index in [1.807, 2.05) is 0 Å². The van der Waals surface area contributed by atoms with Gasteiger partial charge in [-0.05, 0) is 12.3 Å². The molecule has 1 aliphatic heterocycles. The maximum absolute atomic E-state index is 13.0. The summed E-state index contributed by atoms with van der Waals surface area (Å²) >= 11 is 1.40. The minimum absolute atomic E-state index is 0.0937. The molecule has 2 amide bonds. The predicted molar refractivity (Wildman–Crippen MR) is 64.6 cm³/mol. The van der Waals surface area contributed by atoms with Crippen molar-refractivity contribution in [1.29, 1.82) is 0 Å². The highest BCUT2D eigenvalue weighted by Crippen LogP contribution is 2.38. The van der Waals surface area contributed by atoms with Gasteiger partial charge in [-0.15, -0.1) is 11.8 Å². The maximum atomic E-state index is 13.0. The van der Waals surface area contributed by atoms with Crippen LogP contribution < -0.4 is 10.6 Å². The van der Waals surface area contributed by atoms with Crippen LogP contribution in [0.15, 0.2) is 0 Å². The molecular formula is C11H16F2N2O2S. The Labute approximate surface area is 108 Å². The topological polar surface area (TPSA) is 58.2 Å². The van der Waals surface area contributed by atoms with Gasteiger partial charge in [-0.2, -0.15) is 0 Å². The zero-order chi connectivity index (χ0) is 13.2. The molecule has 0 bridgehead atoms. The number of carbonyl (C=O) groups excluding carboxylic acids is 2. The first-order valence-electron chi connectivity index (χ1n) is 5.99. The van der Waals surface area contributed by atoms with E-state index in [4.69, 9.17) is 0 Å². The molecule has 2 fully saturated rings. The quantitative estimate of drug-likeness (QED) is 0.801. The van der Waals surface area contributed by atoms with E-state index in [1.165, 1.54) is 11.8 Å². The zero-order valence-electron chi connectivity index (χ0n) is 9.88. The molecule has 1 aliphatic carbocycles. The lowest BCUT2D eigenvalue weighted by molar-refractivity contribution is -0.127. The normalized spacial score (nSPS) is 30.9. The minimum atomic E-state index is -2.58.